The Morgan fingerprint density at radius 3 is 3.00 bits per heavy atom. The van der Waals surface area contributed by atoms with Crippen LogP contribution in [-0.2, 0) is 9.53 Å². The number of hydrogen-bond acceptors (Lipinski definition) is 4. The summed E-state index contributed by atoms with van der Waals surface area (Å²) in [5.74, 6) is 1.80. The molecule has 23 heavy (non-hydrogen) atoms. The number of amides is 1. The highest BCUT2D eigenvalue weighted by molar-refractivity contribution is 5.77. The van der Waals surface area contributed by atoms with Crippen molar-refractivity contribution in [3.8, 4) is 5.88 Å². The summed E-state index contributed by atoms with van der Waals surface area (Å²) >= 11 is 0. The number of nitrogens with zero attached hydrogens (tertiary/aromatic N) is 2. The molecule has 1 spiro atoms. The van der Waals surface area contributed by atoms with E-state index in [1.807, 2.05) is 23.1 Å². The first kappa shape index (κ1) is 16.2. The minimum atomic E-state index is -0.125. The third-order valence-corrected chi connectivity index (χ3v) is 4.81. The van der Waals surface area contributed by atoms with Crippen LogP contribution in [0.25, 0.3) is 0 Å². The average Bonchev–Trinajstić information content (AvgIpc) is 2.90. The summed E-state index contributed by atoms with van der Waals surface area (Å²) in [6.45, 7) is 7.08. The van der Waals surface area contributed by atoms with Gasteiger partial charge in [-0.3, -0.25) is 4.79 Å². The summed E-state index contributed by atoms with van der Waals surface area (Å²) in [7, 11) is 0. The molecule has 1 aromatic heterocycles. The number of pyridine rings is 1. The van der Waals surface area contributed by atoms with E-state index in [-0.39, 0.29) is 11.5 Å². The van der Waals surface area contributed by atoms with Crippen LogP contribution in [0.5, 0.6) is 5.88 Å². The molecule has 0 aliphatic carbocycles. The van der Waals surface area contributed by atoms with Gasteiger partial charge in [0.05, 0.1) is 19.7 Å². The lowest BCUT2D eigenvalue weighted by atomic mass is 9.79. The molecular formula is C18H26N2O3. The van der Waals surface area contributed by atoms with E-state index in [4.69, 9.17) is 9.47 Å². The second-order valence-electron chi connectivity index (χ2n) is 7.05. The van der Waals surface area contributed by atoms with Gasteiger partial charge in [-0.25, -0.2) is 4.98 Å². The van der Waals surface area contributed by atoms with Gasteiger partial charge in [0, 0.05) is 25.3 Å². The van der Waals surface area contributed by atoms with Crippen molar-refractivity contribution < 1.29 is 14.3 Å². The zero-order chi connectivity index (χ0) is 16.3. The molecule has 0 aromatic carbocycles. The molecule has 0 bridgehead atoms. The van der Waals surface area contributed by atoms with Crippen molar-refractivity contribution in [2.75, 3.05) is 26.3 Å². The van der Waals surface area contributed by atoms with Gasteiger partial charge < -0.3 is 14.4 Å². The van der Waals surface area contributed by atoms with Gasteiger partial charge in [0.1, 0.15) is 5.60 Å². The van der Waals surface area contributed by atoms with Gasteiger partial charge in [-0.1, -0.05) is 19.9 Å². The number of rotatable bonds is 6. The van der Waals surface area contributed by atoms with Gasteiger partial charge in [-0.2, -0.15) is 0 Å². The number of likely N-dealkylation sites (tertiary alicyclic amines) is 1. The molecule has 2 fully saturated rings. The Labute approximate surface area is 138 Å². The summed E-state index contributed by atoms with van der Waals surface area (Å²) in [4.78, 5) is 18.2. The summed E-state index contributed by atoms with van der Waals surface area (Å²) in [5.41, 5.74) is -0.125. The van der Waals surface area contributed by atoms with E-state index < -0.39 is 0 Å². The first-order valence-electron chi connectivity index (χ1n) is 8.55. The molecule has 2 aliphatic heterocycles. The van der Waals surface area contributed by atoms with Gasteiger partial charge in [0.15, 0.2) is 0 Å². The molecule has 3 heterocycles. The van der Waals surface area contributed by atoms with Crippen molar-refractivity contribution in [3.63, 3.8) is 0 Å². The third-order valence-electron chi connectivity index (χ3n) is 4.81. The fourth-order valence-corrected chi connectivity index (χ4v) is 3.53. The van der Waals surface area contributed by atoms with E-state index in [1.54, 1.807) is 6.20 Å². The Bertz CT molecular complexity index is 526. The van der Waals surface area contributed by atoms with Crippen LogP contribution in [0, 0.1) is 11.8 Å². The number of hydrogen-bond donors (Lipinski definition) is 0. The standard InChI is InChI=1S/C18H26N2O3/c1-14(2)11-17(21)20-12-18(13-20)15(7-10-23-18)6-9-22-16-5-3-4-8-19-16/h3-5,8,14-15H,6-7,9-13H2,1-2H3/t15-/m0/s1. The zero-order valence-electron chi connectivity index (χ0n) is 14.0. The largest absolute Gasteiger partial charge is 0.478 e. The zero-order valence-corrected chi connectivity index (χ0v) is 14.0. The van der Waals surface area contributed by atoms with Gasteiger partial charge in [0.25, 0.3) is 0 Å². The lowest BCUT2D eigenvalue weighted by Crippen LogP contribution is -2.66. The molecule has 0 saturated carbocycles. The lowest BCUT2D eigenvalue weighted by Gasteiger charge is -2.50. The van der Waals surface area contributed by atoms with Crippen LogP contribution < -0.4 is 4.74 Å². The molecule has 0 radical (unpaired) electrons. The highest BCUT2D eigenvalue weighted by Crippen LogP contribution is 2.42. The van der Waals surface area contributed by atoms with E-state index in [1.165, 1.54) is 0 Å². The van der Waals surface area contributed by atoms with E-state index >= 15 is 0 Å². The number of aromatic nitrogens is 1. The fraction of sp³-hybridized carbons (Fsp3) is 0.667. The maximum absolute atomic E-state index is 12.1. The third kappa shape index (κ3) is 3.66. The molecule has 5 nitrogen and oxygen atoms in total. The summed E-state index contributed by atoms with van der Waals surface area (Å²) < 4.78 is 11.7. The lowest BCUT2D eigenvalue weighted by molar-refractivity contribution is -0.166. The van der Waals surface area contributed by atoms with Crippen LogP contribution in [0.2, 0.25) is 0 Å². The molecule has 126 valence electrons. The molecule has 1 atom stereocenters. The van der Waals surface area contributed by atoms with Gasteiger partial charge in [-0.05, 0) is 30.7 Å². The van der Waals surface area contributed by atoms with Gasteiger partial charge in [0.2, 0.25) is 11.8 Å². The first-order chi connectivity index (χ1) is 11.1. The molecule has 2 saturated heterocycles. The maximum Gasteiger partial charge on any atom is 0.223 e. The summed E-state index contributed by atoms with van der Waals surface area (Å²) in [6.07, 6.45) is 4.36. The monoisotopic (exact) mass is 318 g/mol. The molecule has 1 amide bonds. The van der Waals surface area contributed by atoms with Crippen LogP contribution in [0.3, 0.4) is 0 Å². The second-order valence-corrected chi connectivity index (χ2v) is 7.05. The fourth-order valence-electron chi connectivity index (χ4n) is 3.53. The van der Waals surface area contributed by atoms with Crippen LogP contribution in [0.4, 0.5) is 0 Å². The molecule has 5 heteroatoms. The van der Waals surface area contributed by atoms with Crippen molar-refractivity contribution in [2.45, 2.75) is 38.7 Å². The van der Waals surface area contributed by atoms with E-state index in [9.17, 15) is 4.79 Å². The van der Waals surface area contributed by atoms with E-state index in [0.717, 1.165) is 32.5 Å². The Hall–Kier alpha value is -1.62. The Morgan fingerprint density at radius 1 is 1.48 bits per heavy atom. The topological polar surface area (TPSA) is 51.7 Å². The Kier molecular flexibility index (Phi) is 4.85. The predicted molar refractivity (Wildman–Crippen MR) is 87.2 cm³/mol. The molecule has 1 aromatic rings. The summed E-state index contributed by atoms with van der Waals surface area (Å²) in [5, 5.41) is 0. The van der Waals surface area contributed by atoms with Gasteiger partial charge >= 0.3 is 0 Å². The van der Waals surface area contributed by atoms with Gasteiger partial charge in [-0.15, -0.1) is 0 Å². The highest BCUT2D eigenvalue weighted by atomic mass is 16.5. The van der Waals surface area contributed by atoms with Crippen molar-refractivity contribution in [1.82, 2.24) is 9.88 Å². The quantitative estimate of drug-likeness (QED) is 0.809. The normalized spacial score (nSPS) is 22.4. The summed E-state index contributed by atoms with van der Waals surface area (Å²) in [6, 6.07) is 5.67. The number of carbonyl (C=O) groups is 1. The van der Waals surface area contributed by atoms with Crippen LogP contribution >= 0.6 is 0 Å². The van der Waals surface area contributed by atoms with E-state index in [0.29, 0.717) is 30.7 Å². The minimum absolute atomic E-state index is 0.125. The maximum atomic E-state index is 12.1. The second kappa shape index (κ2) is 6.87. The Balaban J connectivity index is 1.46. The van der Waals surface area contributed by atoms with Crippen LogP contribution in [0.1, 0.15) is 33.1 Å². The minimum Gasteiger partial charge on any atom is -0.478 e. The molecule has 3 rings (SSSR count). The number of carbonyl (C=O) groups excluding carboxylic acids is 1. The Morgan fingerprint density at radius 2 is 2.30 bits per heavy atom. The van der Waals surface area contributed by atoms with Crippen molar-refractivity contribution in [2.24, 2.45) is 11.8 Å². The smallest absolute Gasteiger partial charge is 0.223 e. The van der Waals surface area contributed by atoms with Crippen molar-refractivity contribution in [3.05, 3.63) is 24.4 Å². The van der Waals surface area contributed by atoms with Crippen molar-refractivity contribution >= 4 is 5.91 Å². The molecular weight excluding hydrogens is 292 g/mol. The SMILES string of the molecule is CC(C)CC(=O)N1CC2(C1)OCC[C@@H]2CCOc1ccccn1. The number of ether oxygens (including phenoxy) is 2. The van der Waals surface area contributed by atoms with Crippen LogP contribution in [0.15, 0.2) is 24.4 Å². The molecule has 2 aliphatic rings. The molecule has 0 N–H and O–H groups in total. The van der Waals surface area contributed by atoms with Crippen molar-refractivity contribution in [1.29, 1.82) is 0 Å². The first-order valence-corrected chi connectivity index (χ1v) is 8.55. The predicted octanol–water partition coefficient (Wildman–Crippen LogP) is 2.51. The van der Waals surface area contributed by atoms with Crippen LogP contribution in [-0.4, -0.2) is 47.7 Å². The highest BCUT2D eigenvalue weighted by Gasteiger charge is 2.53. The molecule has 0 unspecified atom stereocenters. The van der Waals surface area contributed by atoms with E-state index in [2.05, 4.69) is 18.8 Å². The average molecular weight is 318 g/mol.